The molecule has 1 aliphatic carbocycles. The SMILES string of the molecule is OCC1(C(O)CNCCCC(F)(F)CCOCC(F)(F)c2ccccc2)C=CC=CC1O. The van der Waals surface area contributed by atoms with Crippen molar-refractivity contribution in [3.8, 4) is 0 Å². The lowest BCUT2D eigenvalue weighted by Gasteiger charge is -2.38. The molecule has 0 aliphatic heterocycles. The number of halogens is 4. The Kier molecular flexibility index (Phi) is 9.84. The van der Waals surface area contributed by atoms with Gasteiger partial charge in [-0.15, -0.1) is 0 Å². The summed E-state index contributed by atoms with van der Waals surface area (Å²) in [5.41, 5.74) is -1.47. The molecule has 9 heteroatoms. The predicted molar refractivity (Wildman–Crippen MR) is 113 cm³/mol. The number of benzene rings is 1. The summed E-state index contributed by atoms with van der Waals surface area (Å²) >= 11 is 0. The molecule has 1 aromatic carbocycles. The minimum absolute atomic E-state index is 0.000941. The van der Waals surface area contributed by atoms with Crippen LogP contribution in [0, 0.1) is 5.41 Å². The van der Waals surface area contributed by atoms with Crippen molar-refractivity contribution < 1.29 is 37.6 Å². The molecule has 0 saturated heterocycles. The van der Waals surface area contributed by atoms with Crippen molar-refractivity contribution >= 4 is 0 Å². The van der Waals surface area contributed by atoms with E-state index in [9.17, 15) is 32.9 Å². The number of nitrogens with one attached hydrogen (secondary N) is 1. The number of aliphatic hydroxyl groups is 3. The van der Waals surface area contributed by atoms with Crippen LogP contribution < -0.4 is 5.32 Å². The molecule has 3 unspecified atom stereocenters. The highest BCUT2D eigenvalue weighted by atomic mass is 19.3. The zero-order valence-electron chi connectivity index (χ0n) is 17.8. The van der Waals surface area contributed by atoms with Gasteiger partial charge in [0.15, 0.2) is 0 Å². The molecule has 4 N–H and O–H groups in total. The van der Waals surface area contributed by atoms with E-state index in [1.54, 1.807) is 18.2 Å². The molecule has 0 spiro atoms. The van der Waals surface area contributed by atoms with Crippen LogP contribution in [-0.4, -0.2) is 66.4 Å². The molecular weight excluding hydrogens is 430 g/mol. The van der Waals surface area contributed by atoms with Gasteiger partial charge in [0.2, 0.25) is 5.92 Å². The number of hydrogen-bond acceptors (Lipinski definition) is 5. The molecule has 2 rings (SSSR count). The Morgan fingerprint density at radius 3 is 2.47 bits per heavy atom. The third-order valence-electron chi connectivity index (χ3n) is 5.58. The van der Waals surface area contributed by atoms with Gasteiger partial charge in [0.1, 0.15) is 6.61 Å². The Bertz CT molecular complexity index is 745. The number of ether oxygens (including phenoxy) is 1. The highest BCUT2D eigenvalue weighted by Crippen LogP contribution is 2.32. The molecule has 0 saturated carbocycles. The van der Waals surface area contributed by atoms with Gasteiger partial charge in [0, 0.05) is 24.9 Å². The van der Waals surface area contributed by atoms with Gasteiger partial charge < -0.3 is 25.4 Å². The van der Waals surface area contributed by atoms with E-state index < -0.39 is 62.1 Å². The van der Waals surface area contributed by atoms with Crippen LogP contribution in [0.3, 0.4) is 0 Å². The number of hydrogen-bond donors (Lipinski definition) is 4. The second kappa shape index (κ2) is 11.9. The van der Waals surface area contributed by atoms with E-state index in [-0.39, 0.29) is 25.1 Å². The summed E-state index contributed by atoms with van der Waals surface area (Å²) in [5, 5.41) is 32.9. The topological polar surface area (TPSA) is 82.0 Å². The molecule has 5 nitrogen and oxygen atoms in total. The van der Waals surface area contributed by atoms with Gasteiger partial charge in [-0.25, -0.2) is 8.78 Å². The number of aliphatic hydroxyl groups excluding tert-OH is 3. The van der Waals surface area contributed by atoms with Crippen LogP contribution in [0.5, 0.6) is 0 Å². The molecule has 32 heavy (non-hydrogen) atoms. The van der Waals surface area contributed by atoms with Crippen molar-refractivity contribution in [3.05, 3.63) is 60.2 Å². The second-order valence-corrected chi connectivity index (χ2v) is 8.01. The average molecular weight is 461 g/mol. The van der Waals surface area contributed by atoms with Crippen molar-refractivity contribution in [1.29, 1.82) is 0 Å². The molecule has 3 atom stereocenters. The first-order valence-corrected chi connectivity index (χ1v) is 10.6. The lowest BCUT2D eigenvalue weighted by molar-refractivity contribution is -0.100. The smallest absolute Gasteiger partial charge is 0.296 e. The van der Waals surface area contributed by atoms with Crippen LogP contribution in [0.15, 0.2) is 54.6 Å². The van der Waals surface area contributed by atoms with E-state index in [0.717, 1.165) is 0 Å². The summed E-state index contributed by atoms with van der Waals surface area (Å²) in [5.74, 6) is -6.31. The predicted octanol–water partition coefficient (Wildman–Crippen LogP) is 3.02. The molecule has 0 aromatic heterocycles. The van der Waals surface area contributed by atoms with Crippen molar-refractivity contribution in [2.24, 2.45) is 5.41 Å². The maximum absolute atomic E-state index is 14.0. The largest absolute Gasteiger partial charge is 0.395 e. The molecule has 1 aliphatic rings. The Morgan fingerprint density at radius 1 is 1.09 bits per heavy atom. The summed E-state index contributed by atoms with van der Waals surface area (Å²) < 4.78 is 60.7. The van der Waals surface area contributed by atoms with Crippen molar-refractivity contribution in [3.63, 3.8) is 0 Å². The monoisotopic (exact) mass is 461 g/mol. The van der Waals surface area contributed by atoms with Crippen molar-refractivity contribution in [2.75, 3.05) is 32.9 Å². The highest BCUT2D eigenvalue weighted by molar-refractivity contribution is 5.23. The van der Waals surface area contributed by atoms with E-state index >= 15 is 0 Å². The van der Waals surface area contributed by atoms with E-state index in [2.05, 4.69) is 5.32 Å². The van der Waals surface area contributed by atoms with Gasteiger partial charge in [0.05, 0.1) is 30.8 Å². The number of allylic oxidation sites excluding steroid dienone is 2. The normalized spacial score (nSPS) is 22.3. The summed E-state index contributed by atoms with van der Waals surface area (Å²) in [6, 6.07) is 7.06. The average Bonchev–Trinajstić information content (AvgIpc) is 2.77. The van der Waals surface area contributed by atoms with Crippen LogP contribution >= 0.6 is 0 Å². The molecule has 0 radical (unpaired) electrons. The second-order valence-electron chi connectivity index (χ2n) is 8.01. The molecule has 0 amide bonds. The van der Waals surface area contributed by atoms with Crippen LogP contribution in [0.25, 0.3) is 0 Å². The fourth-order valence-corrected chi connectivity index (χ4v) is 3.45. The maximum Gasteiger partial charge on any atom is 0.296 e. The van der Waals surface area contributed by atoms with E-state index in [0.29, 0.717) is 0 Å². The van der Waals surface area contributed by atoms with Gasteiger partial charge >= 0.3 is 0 Å². The Labute approximate surface area is 185 Å². The van der Waals surface area contributed by atoms with Crippen LogP contribution in [0.4, 0.5) is 17.6 Å². The highest BCUT2D eigenvalue weighted by Gasteiger charge is 2.41. The van der Waals surface area contributed by atoms with E-state index in [1.165, 1.54) is 36.4 Å². The zero-order chi connectivity index (χ0) is 23.7. The van der Waals surface area contributed by atoms with Gasteiger partial charge in [-0.2, -0.15) is 8.78 Å². The minimum atomic E-state index is -3.25. The fraction of sp³-hybridized carbons (Fsp3) is 0.565. The summed E-state index contributed by atoms with van der Waals surface area (Å²) in [4.78, 5) is 0. The summed E-state index contributed by atoms with van der Waals surface area (Å²) in [6.45, 7) is -1.75. The molecule has 1 aromatic rings. The Hall–Kier alpha value is -1.78. The standard InChI is InChI=1S/C23H31F4NO4/c24-22(25,12-14-32-17-23(26,27)18-7-2-1-3-8-18)11-6-13-28-15-20(31)21(16-29)10-5-4-9-19(21)30/h1-5,7-10,19-20,28-31H,6,11-17H2. The van der Waals surface area contributed by atoms with Crippen LogP contribution in [-0.2, 0) is 10.7 Å². The molecule has 0 fully saturated rings. The molecule has 0 heterocycles. The quantitative estimate of drug-likeness (QED) is 0.253. The Balaban J connectivity index is 1.64. The van der Waals surface area contributed by atoms with Crippen LogP contribution in [0.1, 0.15) is 24.8 Å². The van der Waals surface area contributed by atoms with Crippen molar-refractivity contribution in [2.45, 2.75) is 43.3 Å². The number of rotatable bonds is 14. The van der Waals surface area contributed by atoms with Crippen molar-refractivity contribution in [1.82, 2.24) is 5.32 Å². The van der Waals surface area contributed by atoms with Gasteiger partial charge in [-0.1, -0.05) is 54.6 Å². The summed E-state index contributed by atoms with van der Waals surface area (Å²) in [7, 11) is 0. The lowest BCUT2D eigenvalue weighted by Crippen LogP contribution is -2.51. The molecule has 0 bridgehead atoms. The van der Waals surface area contributed by atoms with Crippen LogP contribution in [0.2, 0.25) is 0 Å². The van der Waals surface area contributed by atoms with Gasteiger partial charge in [-0.3, -0.25) is 0 Å². The zero-order valence-corrected chi connectivity index (χ0v) is 17.8. The third-order valence-corrected chi connectivity index (χ3v) is 5.58. The summed E-state index contributed by atoms with van der Waals surface area (Å²) in [6.07, 6.45) is 2.97. The Morgan fingerprint density at radius 2 is 1.81 bits per heavy atom. The van der Waals surface area contributed by atoms with Gasteiger partial charge in [0.25, 0.3) is 5.92 Å². The lowest BCUT2D eigenvalue weighted by atomic mass is 9.75. The van der Waals surface area contributed by atoms with E-state index in [1.807, 2.05) is 0 Å². The first-order chi connectivity index (χ1) is 15.1. The first-order valence-electron chi connectivity index (χ1n) is 10.6. The molecular formula is C23H31F4NO4. The minimum Gasteiger partial charge on any atom is -0.395 e. The molecule has 180 valence electrons. The van der Waals surface area contributed by atoms with Gasteiger partial charge in [-0.05, 0) is 13.0 Å². The third kappa shape index (κ3) is 7.38. The maximum atomic E-state index is 14.0. The van der Waals surface area contributed by atoms with E-state index in [4.69, 9.17) is 4.74 Å². The fourth-order valence-electron chi connectivity index (χ4n) is 3.45. The number of alkyl halides is 4. The first kappa shape index (κ1) is 26.5.